The minimum Gasteiger partial charge on any atom is -0.444 e. The number of aromatic nitrogens is 3. The molecule has 0 atom stereocenters. The highest BCUT2D eigenvalue weighted by Gasteiger charge is 2.26. The van der Waals surface area contributed by atoms with Crippen molar-refractivity contribution in [1.29, 1.82) is 0 Å². The SMILES string of the molecule is Cc1cccnc1-c1cc(COC(=O)N(C)C(C)(C)C)cn1S(=O)(=O)c1cccnc1. The van der Waals surface area contributed by atoms with Gasteiger partial charge in [-0.15, -0.1) is 0 Å². The Kier molecular flexibility index (Phi) is 6.17. The van der Waals surface area contributed by atoms with Crippen molar-refractivity contribution < 1.29 is 17.9 Å². The molecule has 0 saturated heterocycles. The van der Waals surface area contributed by atoms with Crippen LogP contribution in [0.25, 0.3) is 11.4 Å². The molecule has 3 heterocycles. The highest BCUT2D eigenvalue weighted by molar-refractivity contribution is 7.90. The summed E-state index contributed by atoms with van der Waals surface area (Å²) in [7, 11) is -2.27. The molecule has 0 fully saturated rings. The van der Waals surface area contributed by atoms with Crippen LogP contribution in [-0.4, -0.2) is 45.9 Å². The fourth-order valence-corrected chi connectivity index (χ4v) is 4.17. The molecule has 0 saturated carbocycles. The third-order valence-corrected chi connectivity index (χ3v) is 6.59. The molecule has 31 heavy (non-hydrogen) atoms. The van der Waals surface area contributed by atoms with Gasteiger partial charge in [0, 0.05) is 42.9 Å². The fraction of sp³-hybridized carbons (Fsp3) is 0.318. The molecule has 0 aliphatic heterocycles. The summed E-state index contributed by atoms with van der Waals surface area (Å²) in [6, 6.07) is 8.36. The molecule has 9 heteroatoms. The second-order valence-corrected chi connectivity index (χ2v) is 9.99. The quantitative estimate of drug-likeness (QED) is 0.596. The molecule has 0 radical (unpaired) electrons. The monoisotopic (exact) mass is 442 g/mol. The van der Waals surface area contributed by atoms with Gasteiger partial charge in [0.2, 0.25) is 0 Å². The van der Waals surface area contributed by atoms with Crippen molar-refractivity contribution >= 4 is 16.1 Å². The van der Waals surface area contributed by atoms with Crippen LogP contribution in [0, 0.1) is 6.92 Å². The third kappa shape index (κ3) is 4.77. The molecule has 0 spiro atoms. The first kappa shape index (κ1) is 22.5. The minimum absolute atomic E-state index is 0.0523. The van der Waals surface area contributed by atoms with E-state index in [2.05, 4.69) is 9.97 Å². The molecule has 0 aromatic carbocycles. The van der Waals surface area contributed by atoms with E-state index < -0.39 is 21.7 Å². The second-order valence-electron chi connectivity index (χ2n) is 8.18. The maximum atomic E-state index is 13.3. The van der Waals surface area contributed by atoms with Gasteiger partial charge >= 0.3 is 6.09 Å². The highest BCUT2D eigenvalue weighted by atomic mass is 32.2. The van der Waals surface area contributed by atoms with Crippen molar-refractivity contribution in [1.82, 2.24) is 18.8 Å². The van der Waals surface area contributed by atoms with Crippen LogP contribution in [0.5, 0.6) is 0 Å². The summed E-state index contributed by atoms with van der Waals surface area (Å²) in [5.74, 6) is 0. The van der Waals surface area contributed by atoms with Gasteiger partial charge in [-0.25, -0.2) is 17.2 Å². The number of hydrogen-bond acceptors (Lipinski definition) is 6. The number of pyridine rings is 2. The lowest BCUT2D eigenvalue weighted by molar-refractivity contribution is 0.0759. The van der Waals surface area contributed by atoms with Gasteiger partial charge in [0.05, 0.1) is 11.4 Å². The topological polar surface area (TPSA) is 94.4 Å². The molecule has 3 aromatic heterocycles. The molecule has 0 bridgehead atoms. The Hall–Kier alpha value is -3.20. The summed E-state index contributed by atoms with van der Waals surface area (Å²) < 4.78 is 33.2. The van der Waals surface area contributed by atoms with E-state index in [0.717, 1.165) is 9.54 Å². The Bertz CT molecular complexity index is 1180. The van der Waals surface area contributed by atoms with E-state index in [9.17, 15) is 13.2 Å². The molecular formula is C22H26N4O4S. The van der Waals surface area contributed by atoms with E-state index >= 15 is 0 Å². The molecule has 0 aliphatic carbocycles. The van der Waals surface area contributed by atoms with Crippen LogP contribution >= 0.6 is 0 Å². The summed E-state index contributed by atoms with van der Waals surface area (Å²) >= 11 is 0. The van der Waals surface area contributed by atoms with Crippen LogP contribution in [0.4, 0.5) is 4.79 Å². The first-order valence-electron chi connectivity index (χ1n) is 9.71. The molecule has 3 rings (SSSR count). The van der Waals surface area contributed by atoms with Crippen molar-refractivity contribution in [2.45, 2.75) is 44.7 Å². The van der Waals surface area contributed by atoms with E-state index in [1.165, 1.54) is 29.6 Å². The zero-order valence-electron chi connectivity index (χ0n) is 18.2. The van der Waals surface area contributed by atoms with Gasteiger partial charge in [-0.2, -0.15) is 0 Å². The van der Waals surface area contributed by atoms with E-state index in [4.69, 9.17) is 4.74 Å². The first-order valence-corrected chi connectivity index (χ1v) is 11.2. The summed E-state index contributed by atoms with van der Waals surface area (Å²) in [4.78, 5) is 22.2. The minimum atomic E-state index is -3.93. The molecule has 8 nitrogen and oxygen atoms in total. The maximum absolute atomic E-state index is 13.3. The van der Waals surface area contributed by atoms with Crippen molar-refractivity contribution in [3.63, 3.8) is 0 Å². The highest BCUT2D eigenvalue weighted by Crippen LogP contribution is 2.28. The number of amides is 1. The largest absolute Gasteiger partial charge is 0.444 e. The predicted molar refractivity (Wildman–Crippen MR) is 117 cm³/mol. The van der Waals surface area contributed by atoms with Crippen molar-refractivity contribution in [3.05, 3.63) is 66.2 Å². The van der Waals surface area contributed by atoms with Gasteiger partial charge in [-0.1, -0.05) is 6.07 Å². The molecule has 164 valence electrons. The first-order chi connectivity index (χ1) is 14.5. The van der Waals surface area contributed by atoms with Gasteiger partial charge < -0.3 is 9.64 Å². The van der Waals surface area contributed by atoms with E-state index in [1.807, 2.05) is 33.8 Å². The Morgan fingerprint density at radius 3 is 2.52 bits per heavy atom. The van der Waals surface area contributed by atoms with Crippen molar-refractivity contribution in [2.75, 3.05) is 7.05 Å². The van der Waals surface area contributed by atoms with E-state index in [0.29, 0.717) is 17.0 Å². The molecular weight excluding hydrogens is 416 g/mol. The molecule has 0 unspecified atom stereocenters. The maximum Gasteiger partial charge on any atom is 0.410 e. The Labute approximate surface area is 182 Å². The van der Waals surface area contributed by atoms with Crippen molar-refractivity contribution in [2.24, 2.45) is 0 Å². The molecule has 0 aliphatic rings. The summed E-state index contributed by atoms with van der Waals surface area (Å²) in [5.41, 5.74) is 1.86. The Morgan fingerprint density at radius 2 is 1.90 bits per heavy atom. The predicted octanol–water partition coefficient (Wildman–Crippen LogP) is 3.86. The number of carbonyl (C=O) groups is 1. The van der Waals surface area contributed by atoms with Crippen LogP contribution in [-0.2, 0) is 21.4 Å². The average molecular weight is 443 g/mol. The second kappa shape index (κ2) is 8.50. The van der Waals surface area contributed by atoms with E-state index in [-0.39, 0.29) is 11.5 Å². The van der Waals surface area contributed by atoms with Crippen LogP contribution in [0.15, 0.2) is 60.0 Å². The molecule has 3 aromatic rings. The number of rotatable bonds is 5. The number of ether oxygens (including phenoxy) is 1. The van der Waals surface area contributed by atoms with Gasteiger partial charge in [0.1, 0.15) is 11.5 Å². The summed E-state index contributed by atoms with van der Waals surface area (Å²) in [5, 5.41) is 0. The summed E-state index contributed by atoms with van der Waals surface area (Å²) in [6.07, 6.45) is 5.37. The zero-order chi connectivity index (χ0) is 22.8. The Morgan fingerprint density at radius 1 is 1.19 bits per heavy atom. The Balaban J connectivity index is 2.02. The van der Waals surface area contributed by atoms with E-state index in [1.54, 1.807) is 31.4 Å². The smallest absolute Gasteiger partial charge is 0.410 e. The molecule has 1 amide bonds. The van der Waals surface area contributed by atoms with Crippen molar-refractivity contribution in [3.8, 4) is 11.4 Å². The number of carbonyl (C=O) groups excluding carboxylic acids is 1. The van der Waals surface area contributed by atoms with Gasteiger partial charge in [0.15, 0.2) is 0 Å². The summed E-state index contributed by atoms with van der Waals surface area (Å²) in [6.45, 7) is 7.47. The van der Waals surface area contributed by atoms with Crippen LogP contribution in [0.2, 0.25) is 0 Å². The lowest BCUT2D eigenvalue weighted by Gasteiger charge is -2.30. The molecule has 0 N–H and O–H groups in total. The number of hydrogen-bond donors (Lipinski definition) is 0. The lowest BCUT2D eigenvalue weighted by atomic mass is 10.1. The van der Waals surface area contributed by atoms with Gasteiger partial charge in [0.25, 0.3) is 10.0 Å². The van der Waals surface area contributed by atoms with Crippen LogP contribution in [0.1, 0.15) is 31.9 Å². The van der Waals surface area contributed by atoms with Gasteiger partial charge in [-0.05, 0) is 57.5 Å². The number of aryl methyl sites for hydroxylation is 1. The normalized spacial score (nSPS) is 11.9. The fourth-order valence-electron chi connectivity index (χ4n) is 2.83. The lowest BCUT2D eigenvalue weighted by Crippen LogP contribution is -2.42. The van der Waals surface area contributed by atoms with Crippen LogP contribution in [0.3, 0.4) is 0 Å². The average Bonchev–Trinajstić information content (AvgIpc) is 3.16. The van der Waals surface area contributed by atoms with Crippen LogP contribution < -0.4 is 0 Å². The standard InChI is InChI=1S/C22H26N4O4S/c1-16-8-6-11-24-20(16)19-12-17(15-30-21(27)25(5)22(2,3)4)14-26(19)31(28,29)18-9-7-10-23-13-18/h6-14H,15H2,1-5H3. The van der Waals surface area contributed by atoms with Gasteiger partial charge in [-0.3, -0.25) is 9.97 Å². The number of nitrogens with zero attached hydrogens (tertiary/aromatic N) is 4. The zero-order valence-corrected chi connectivity index (χ0v) is 19.0. The third-order valence-electron chi connectivity index (χ3n) is 4.93.